The fraction of sp³-hybridized carbons (Fsp3) is 0.133. The molecule has 0 radical (unpaired) electrons. The van der Waals surface area contributed by atoms with Gasteiger partial charge in [0.15, 0.2) is 0 Å². The van der Waals surface area contributed by atoms with Crippen LogP contribution in [0.3, 0.4) is 0 Å². The van der Waals surface area contributed by atoms with Gasteiger partial charge in [-0.05, 0) is 23.9 Å². The monoisotopic (exact) mass is 254 g/mol. The number of rotatable bonds is 2. The second-order valence-corrected chi connectivity index (χ2v) is 5.13. The van der Waals surface area contributed by atoms with Crippen molar-refractivity contribution in [3.05, 3.63) is 47.3 Å². The van der Waals surface area contributed by atoms with Crippen molar-refractivity contribution in [2.24, 2.45) is 0 Å². The molecule has 3 heteroatoms. The number of benzene rings is 1. The molecule has 2 aromatic heterocycles. The van der Waals surface area contributed by atoms with E-state index in [-0.39, 0.29) is 0 Å². The lowest BCUT2D eigenvalue weighted by molar-refractivity contribution is 1.32. The highest BCUT2D eigenvalue weighted by atomic mass is 32.1. The number of fused-ring (bicyclic) bond motifs is 1. The van der Waals surface area contributed by atoms with Crippen LogP contribution in [-0.4, -0.2) is 12.0 Å². The van der Waals surface area contributed by atoms with Crippen LogP contribution in [0.15, 0.2) is 41.8 Å². The van der Waals surface area contributed by atoms with Crippen LogP contribution in [-0.2, 0) is 0 Å². The zero-order valence-electron chi connectivity index (χ0n) is 10.4. The number of pyridine rings is 1. The smallest absolute Gasteiger partial charge is 0.0838 e. The van der Waals surface area contributed by atoms with Crippen molar-refractivity contribution in [3.8, 4) is 11.3 Å². The van der Waals surface area contributed by atoms with Gasteiger partial charge in [0.1, 0.15) is 0 Å². The van der Waals surface area contributed by atoms with Gasteiger partial charge in [0.05, 0.1) is 21.6 Å². The van der Waals surface area contributed by atoms with Crippen molar-refractivity contribution in [1.82, 2.24) is 4.98 Å². The van der Waals surface area contributed by atoms with Gasteiger partial charge in [-0.3, -0.25) is 0 Å². The maximum absolute atomic E-state index is 4.78. The van der Waals surface area contributed by atoms with E-state index >= 15 is 0 Å². The first-order chi connectivity index (χ1) is 8.81. The molecule has 0 saturated carbocycles. The standard InChI is InChI=1S/C15H14N2S/c1-10-13(11-6-4-3-5-7-11)17-12-8-9-18-15(12)14(10)16-2/h3-9H,1-2H3,(H,16,17). The number of thiophene rings is 1. The Morgan fingerprint density at radius 2 is 1.89 bits per heavy atom. The van der Waals surface area contributed by atoms with Crippen molar-refractivity contribution in [2.75, 3.05) is 12.4 Å². The summed E-state index contributed by atoms with van der Waals surface area (Å²) in [6.07, 6.45) is 0. The Labute approximate surface area is 110 Å². The summed E-state index contributed by atoms with van der Waals surface area (Å²) in [5.74, 6) is 0. The lowest BCUT2D eigenvalue weighted by Crippen LogP contribution is -1.97. The molecule has 0 unspecified atom stereocenters. The molecule has 3 rings (SSSR count). The lowest BCUT2D eigenvalue weighted by atomic mass is 10.0. The number of hydrogen-bond donors (Lipinski definition) is 1. The molecule has 90 valence electrons. The molecule has 0 aliphatic rings. The highest BCUT2D eigenvalue weighted by Gasteiger charge is 2.12. The molecule has 18 heavy (non-hydrogen) atoms. The number of anilines is 1. The number of nitrogens with one attached hydrogen (secondary N) is 1. The molecular formula is C15H14N2S. The topological polar surface area (TPSA) is 24.9 Å². The van der Waals surface area contributed by atoms with E-state index in [0.717, 1.165) is 11.2 Å². The molecule has 0 atom stereocenters. The Hall–Kier alpha value is -1.87. The third-order valence-electron chi connectivity index (χ3n) is 3.13. The predicted octanol–water partition coefficient (Wildman–Crippen LogP) is 4.31. The van der Waals surface area contributed by atoms with E-state index < -0.39 is 0 Å². The molecule has 1 aromatic carbocycles. The third kappa shape index (κ3) is 1.68. The largest absolute Gasteiger partial charge is 0.387 e. The molecule has 0 aliphatic carbocycles. The van der Waals surface area contributed by atoms with Crippen LogP contribution in [0, 0.1) is 6.92 Å². The Balaban J connectivity index is 2.33. The summed E-state index contributed by atoms with van der Waals surface area (Å²) in [4.78, 5) is 4.78. The Morgan fingerprint density at radius 3 is 2.61 bits per heavy atom. The number of aromatic nitrogens is 1. The highest BCUT2D eigenvalue weighted by Crippen LogP contribution is 2.35. The fourth-order valence-corrected chi connectivity index (χ4v) is 3.19. The van der Waals surface area contributed by atoms with Gasteiger partial charge in [0.25, 0.3) is 0 Å². The number of hydrogen-bond acceptors (Lipinski definition) is 3. The Bertz CT molecular complexity index is 686. The first-order valence-corrected chi connectivity index (χ1v) is 6.80. The van der Waals surface area contributed by atoms with E-state index in [9.17, 15) is 0 Å². The van der Waals surface area contributed by atoms with Gasteiger partial charge in [-0.25, -0.2) is 4.98 Å². The van der Waals surface area contributed by atoms with Gasteiger partial charge in [-0.15, -0.1) is 11.3 Å². The van der Waals surface area contributed by atoms with Crippen LogP contribution in [0.4, 0.5) is 5.69 Å². The van der Waals surface area contributed by atoms with Crippen LogP contribution < -0.4 is 5.32 Å². The molecule has 0 aliphatic heterocycles. The molecule has 0 saturated heterocycles. The van der Waals surface area contributed by atoms with Crippen LogP contribution in [0.5, 0.6) is 0 Å². The summed E-state index contributed by atoms with van der Waals surface area (Å²) in [5, 5.41) is 5.39. The summed E-state index contributed by atoms with van der Waals surface area (Å²) in [7, 11) is 1.97. The molecule has 0 spiro atoms. The van der Waals surface area contributed by atoms with E-state index in [2.05, 4.69) is 35.8 Å². The maximum Gasteiger partial charge on any atom is 0.0838 e. The molecule has 0 bridgehead atoms. The minimum atomic E-state index is 1.06. The van der Waals surface area contributed by atoms with Crippen LogP contribution in [0.25, 0.3) is 21.5 Å². The molecule has 0 fully saturated rings. The van der Waals surface area contributed by atoms with Crippen LogP contribution in [0.2, 0.25) is 0 Å². The normalized spacial score (nSPS) is 10.8. The molecule has 2 nitrogen and oxygen atoms in total. The molecular weight excluding hydrogens is 240 g/mol. The van der Waals surface area contributed by atoms with E-state index in [4.69, 9.17) is 4.98 Å². The second-order valence-electron chi connectivity index (χ2n) is 4.21. The molecule has 2 heterocycles. The van der Waals surface area contributed by atoms with E-state index in [1.54, 1.807) is 11.3 Å². The zero-order chi connectivity index (χ0) is 12.5. The van der Waals surface area contributed by atoms with Gasteiger partial charge in [0, 0.05) is 12.6 Å². The van der Waals surface area contributed by atoms with E-state index in [1.807, 2.05) is 25.2 Å². The first-order valence-electron chi connectivity index (χ1n) is 5.92. The zero-order valence-corrected chi connectivity index (χ0v) is 11.2. The minimum absolute atomic E-state index is 1.06. The van der Waals surface area contributed by atoms with Crippen molar-refractivity contribution < 1.29 is 0 Å². The summed E-state index contributed by atoms with van der Waals surface area (Å²) < 4.78 is 1.23. The summed E-state index contributed by atoms with van der Waals surface area (Å²) >= 11 is 1.73. The van der Waals surface area contributed by atoms with Crippen LogP contribution >= 0.6 is 11.3 Å². The van der Waals surface area contributed by atoms with Gasteiger partial charge in [0.2, 0.25) is 0 Å². The first kappa shape index (κ1) is 11.2. The van der Waals surface area contributed by atoms with Crippen molar-refractivity contribution in [3.63, 3.8) is 0 Å². The quantitative estimate of drug-likeness (QED) is 0.737. The van der Waals surface area contributed by atoms with Gasteiger partial charge < -0.3 is 5.32 Å². The average Bonchev–Trinajstić information content (AvgIpc) is 2.87. The Morgan fingerprint density at radius 1 is 1.11 bits per heavy atom. The highest BCUT2D eigenvalue weighted by molar-refractivity contribution is 7.17. The predicted molar refractivity (Wildman–Crippen MR) is 79.3 cm³/mol. The Kier molecular flexibility index (Phi) is 2.76. The minimum Gasteiger partial charge on any atom is -0.387 e. The summed E-state index contributed by atoms with van der Waals surface area (Å²) in [6, 6.07) is 12.4. The van der Waals surface area contributed by atoms with Crippen molar-refractivity contribution in [1.29, 1.82) is 0 Å². The average molecular weight is 254 g/mol. The summed E-state index contributed by atoms with van der Waals surface area (Å²) in [6.45, 7) is 2.13. The van der Waals surface area contributed by atoms with E-state index in [1.165, 1.54) is 21.5 Å². The van der Waals surface area contributed by atoms with E-state index in [0.29, 0.717) is 0 Å². The summed E-state index contributed by atoms with van der Waals surface area (Å²) in [5.41, 5.74) is 5.69. The van der Waals surface area contributed by atoms with Crippen molar-refractivity contribution >= 4 is 27.2 Å². The second kappa shape index (κ2) is 4.42. The molecule has 0 amide bonds. The van der Waals surface area contributed by atoms with Crippen molar-refractivity contribution in [2.45, 2.75) is 6.92 Å². The molecule has 3 aromatic rings. The van der Waals surface area contributed by atoms with Crippen LogP contribution in [0.1, 0.15) is 5.56 Å². The maximum atomic E-state index is 4.78. The number of nitrogens with zero attached hydrogens (tertiary/aromatic N) is 1. The lowest BCUT2D eigenvalue weighted by Gasteiger charge is -2.11. The fourth-order valence-electron chi connectivity index (χ4n) is 2.25. The van der Waals surface area contributed by atoms with Gasteiger partial charge in [-0.2, -0.15) is 0 Å². The van der Waals surface area contributed by atoms with Gasteiger partial charge in [-0.1, -0.05) is 30.3 Å². The molecule has 1 N–H and O–H groups in total. The SMILES string of the molecule is CNc1c(C)c(-c2ccccc2)nc2ccsc12. The van der Waals surface area contributed by atoms with Gasteiger partial charge >= 0.3 is 0 Å². The third-order valence-corrected chi connectivity index (χ3v) is 4.05.